The first-order valence-electron chi connectivity index (χ1n) is 7.59. The third-order valence-electron chi connectivity index (χ3n) is 3.98. The van der Waals surface area contributed by atoms with Crippen LogP contribution in [-0.4, -0.2) is 24.6 Å². The summed E-state index contributed by atoms with van der Waals surface area (Å²) in [5.41, 5.74) is 2.97. The Labute approximate surface area is 157 Å². The minimum absolute atomic E-state index is 0. The van der Waals surface area contributed by atoms with E-state index in [0.717, 1.165) is 49.3 Å². The van der Waals surface area contributed by atoms with E-state index in [1.807, 2.05) is 18.2 Å². The van der Waals surface area contributed by atoms with Gasteiger partial charge in [0.15, 0.2) is 0 Å². The number of hydrogen-bond acceptors (Lipinski definition) is 2. The molecule has 0 unspecified atom stereocenters. The van der Waals surface area contributed by atoms with Crippen LogP contribution in [0.3, 0.4) is 0 Å². The topological polar surface area (TPSA) is 12.5 Å². The largest absolute Gasteiger partial charge is 0.492 e. The zero-order valence-electron chi connectivity index (χ0n) is 12.8. The summed E-state index contributed by atoms with van der Waals surface area (Å²) in [6, 6.07) is 14.4. The van der Waals surface area contributed by atoms with Crippen molar-refractivity contribution in [1.82, 2.24) is 4.90 Å². The number of nitrogens with zero attached hydrogens (tertiary/aromatic N) is 1. The number of rotatable bonds is 5. The molecule has 5 heteroatoms. The van der Waals surface area contributed by atoms with Crippen molar-refractivity contribution >= 4 is 39.9 Å². The van der Waals surface area contributed by atoms with Gasteiger partial charge in [-0.15, -0.1) is 12.4 Å². The molecule has 0 atom stereocenters. The molecule has 0 radical (unpaired) electrons. The first-order chi connectivity index (χ1) is 10.7. The second-order valence-corrected chi connectivity index (χ2v) is 6.86. The molecule has 0 amide bonds. The molecule has 1 aliphatic heterocycles. The van der Waals surface area contributed by atoms with Crippen LogP contribution in [-0.2, 0) is 13.0 Å². The molecule has 1 aliphatic rings. The van der Waals surface area contributed by atoms with Crippen molar-refractivity contribution in [3.8, 4) is 5.75 Å². The SMILES string of the molecule is Cl.Clc1ccc(OCCCN2CCc3ccccc3C2)c(Br)c1. The molecule has 3 rings (SSSR count). The van der Waals surface area contributed by atoms with Gasteiger partial charge in [-0.25, -0.2) is 0 Å². The minimum Gasteiger partial charge on any atom is -0.492 e. The summed E-state index contributed by atoms with van der Waals surface area (Å²) in [7, 11) is 0. The number of halogens is 3. The molecule has 23 heavy (non-hydrogen) atoms. The first-order valence-corrected chi connectivity index (χ1v) is 8.76. The smallest absolute Gasteiger partial charge is 0.133 e. The second-order valence-electron chi connectivity index (χ2n) is 5.57. The summed E-state index contributed by atoms with van der Waals surface area (Å²) in [6.45, 7) is 3.99. The lowest BCUT2D eigenvalue weighted by atomic mass is 10.00. The van der Waals surface area contributed by atoms with Crippen molar-refractivity contribution < 1.29 is 4.74 Å². The van der Waals surface area contributed by atoms with Crippen molar-refractivity contribution in [3.05, 3.63) is 63.1 Å². The normalized spacial score (nSPS) is 14.0. The zero-order valence-corrected chi connectivity index (χ0v) is 16.0. The Bertz CT molecular complexity index is 651. The third-order valence-corrected chi connectivity index (χ3v) is 4.83. The van der Waals surface area contributed by atoms with Gasteiger partial charge in [-0.1, -0.05) is 35.9 Å². The summed E-state index contributed by atoms with van der Waals surface area (Å²) < 4.78 is 6.73. The van der Waals surface area contributed by atoms with E-state index in [0.29, 0.717) is 5.02 Å². The van der Waals surface area contributed by atoms with E-state index in [-0.39, 0.29) is 12.4 Å². The standard InChI is InChI=1S/C18H19BrClNO.ClH/c19-17-12-16(20)6-7-18(17)22-11-3-9-21-10-8-14-4-1-2-5-15(14)13-21;/h1-2,4-7,12H,3,8-11,13H2;1H. The van der Waals surface area contributed by atoms with Gasteiger partial charge >= 0.3 is 0 Å². The highest BCUT2D eigenvalue weighted by Gasteiger charge is 2.14. The van der Waals surface area contributed by atoms with Crippen molar-refractivity contribution in [2.24, 2.45) is 0 Å². The molecule has 2 aromatic carbocycles. The van der Waals surface area contributed by atoms with Crippen molar-refractivity contribution in [1.29, 1.82) is 0 Å². The lowest BCUT2D eigenvalue weighted by molar-refractivity contribution is 0.220. The van der Waals surface area contributed by atoms with E-state index in [1.54, 1.807) is 0 Å². The van der Waals surface area contributed by atoms with Gasteiger partial charge in [0.05, 0.1) is 11.1 Å². The van der Waals surface area contributed by atoms with Gasteiger partial charge in [0.25, 0.3) is 0 Å². The van der Waals surface area contributed by atoms with E-state index in [9.17, 15) is 0 Å². The number of benzene rings is 2. The molecular formula is C18H20BrCl2NO. The maximum atomic E-state index is 5.93. The van der Waals surface area contributed by atoms with Crippen LogP contribution in [0.25, 0.3) is 0 Å². The molecular weight excluding hydrogens is 397 g/mol. The predicted molar refractivity (Wildman–Crippen MR) is 102 cm³/mol. The van der Waals surface area contributed by atoms with Crippen LogP contribution in [0.2, 0.25) is 5.02 Å². The number of fused-ring (bicyclic) bond motifs is 1. The Balaban J connectivity index is 0.00000192. The summed E-state index contributed by atoms with van der Waals surface area (Å²) in [5, 5.41) is 0.714. The zero-order chi connectivity index (χ0) is 15.4. The molecule has 1 heterocycles. The highest BCUT2D eigenvalue weighted by Crippen LogP contribution is 2.28. The van der Waals surface area contributed by atoms with Gasteiger partial charge in [-0.05, 0) is 58.1 Å². The van der Waals surface area contributed by atoms with Gasteiger partial charge in [0.1, 0.15) is 5.75 Å². The molecule has 0 aliphatic carbocycles. The van der Waals surface area contributed by atoms with Crippen molar-refractivity contribution in [3.63, 3.8) is 0 Å². The average Bonchev–Trinajstić information content (AvgIpc) is 2.53. The van der Waals surface area contributed by atoms with E-state index in [1.165, 1.54) is 11.1 Å². The maximum Gasteiger partial charge on any atom is 0.133 e. The molecule has 0 N–H and O–H groups in total. The van der Waals surface area contributed by atoms with E-state index in [2.05, 4.69) is 45.1 Å². The van der Waals surface area contributed by atoms with E-state index >= 15 is 0 Å². The van der Waals surface area contributed by atoms with Gasteiger partial charge < -0.3 is 4.74 Å². The molecule has 0 bridgehead atoms. The van der Waals surface area contributed by atoms with Crippen LogP contribution in [0, 0.1) is 0 Å². The highest BCUT2D eigenvalue weighted by atomic mass is 79.9. The van der Waals surface area contributed by atoms with Crippen LogP contribution in [0.5, 0.6) is 5.75 Å². The maximum absolute atomic E-state index is 5.93. The molecule has 124 valence electrons. The monoisotopic (exact) mass is 415 g/mol. The lowest BCUT2D eigenvalue weighted by Gasteiger charge is -2.28. The van der Waals surface area contributed by atoms with Crippen LogP contribution in [0.1, 0.15) is 17.5 Å². The first kappa shape index (κ1) is 18.6. The quantitative estimate of drug-likeness (QED) is 0.609. The molecule has 2 nitrogen and oxygen atoms in total. The summed E-state index contributed by atoms with van der Waals surface area (Å²) in [5.74, 6) is 0.855. The predicted octanol–water partition coefficient (Wildman–Crippen LogP) is 5.35. The Morgan fingerprint density at radius 1 is 1.13 bits per heavy atom. The third kappa shape index (κ3) is 5.12. The molecule has 0 spiro atoms. The Morgan fingerprint density at radius 3 is 2.70 bits per heavy atom. The molecule has 0 saturated heterocycles. The average molecular weight is 417 g/mol. The Hall–Kier alpha value is -0.740. The van der Waals surface area contributed by atoms with Crippen LogP contribution in [0.4, 0.5) is 0 Å². The van der Waals surface area contributed by atoms with Gasteiger partial charge in [-0.3, -0.25) is 4.90 Å². The Morgan fingerprint density at radius 2 is 1.91 bits per heavy atom. The fourth-order valence-electron chi connectivity index (χ4n) is 2.81. The molecule has 0 saturated carbocycles. The van der Waals surface area contributed by atoms with Crippen LogP contribution >= 0.6 is 39.9 Å². The molecule has 0 fully saturated rings. The summed E-state index contributed by atoms with van der Waals surface area (Å²) in [4.78, 5) is 2.50. The fraction of sp³-hybridized carbons (Fsp3) is 0.333. The minimum atomic E-state index is 0. The van der Waals surface area contributed by atoms with Crippen LogP contribution < -0.4 is 4.74 Å². The number of ether oxygens (including phenoxy) is 1. The summed E-state index contributed by atoms with van der Waals surface area (Å²) >= 11 is 9.40. The van der Waals surface area contributed by atoms with Gasteiger partial charge in [-0.2, -0.15) is 0 Å². The molecule has 0 aromatic heterocycles. The highest BCUT2D eigenvalue weighted by molar-refractivity contribution is 9.10. The van der Waals surface area contributed by atoms with Gasteiger partial charge in [0, 0.05) is 24.7 Å². The number of hydrogen-bond donors (Lipinski definition) is 0. The van der Waals surface area contributed by atoms with E-state index in [4.69, 9.17) is 16.3 Å². The fourth-order valence-corrected chi connectivity index (χ4v) is 3.60. The van der Waals surface area contributed by atoms with E-state index < -0.39 is 0 Å². The molecule has 2 aromatic rings. The Kier molecular flexibility index (Phi) is 7.22. The van der Waals surface area contributed by atoms with Crippen molar-refractivity contribution in [2.75, 3.05) is 19.7 Å². The van der Waals surface area contributed by atoms with Gasteiger partial charge in [0.2, 0.25) is 0 Å². The van der Waals surface area contributed by atoms with Crippen LogP contribution in [0.15, 0.2) is 46.9 Å². The van der Waals surface area contributed by atoms with Crippen molar-refractivity contribution in [2.45, 2.75) is 19.4 Å². The lowest BCUT2D eigenvalue weighted by Crippen LogP contribution is -2.31. The summed E-state index contributed by atoms with van der Waals surface area (Å²) in [6.07, 6.45) is 2.18. The second kappa shape index (κ2) is 8.93.